The van der Waals surface area contributed by atoms with E-state index in [0.717, 1.165) is 0 Å². The molecule has 0 aromatic carbocycles. The molecule has 15 heavy (non-hydrogen) atoms. The average Bonchev–Trinajstić information content (AvgIpc) is 2.22. The van der Waals surface area contributed by atoms with Crippen molar-refractivity contribution in [1.82, 2.24) is 9.55 Å². The van der Waals surface area contributed by atoms with Crippen molar-refractivity contribution in [2.75, 3.05) is 13.7 Å². The number of aliphatic hydroxyl groups excluding tert-OH is 1. The molecule has 1 aromatic rings. The van der Waals surface area contributed by atoms with Gasteiger partial charge in [-0.25, -0.2) is 4.79 Å². The molecule has 0 bridgehead atoms. The van der Waals surface area contributed by atoms with Gasteiger partial charge in [0.25, 0.3) is 0 Å². The lowest BCUT2D eigenvalue weighted by molar-refractivity contribution is 0.0401. The number of methoxy groups -OCH3 is 1. The molecule has 1 unspecified atom stereocenters. The number of H-pyrrole nitrogens is 1. The number of hydrogen-bond donors (Lipinski definition) is 2. The van der Waals surface area contributed by atoms with Gasteiger partial charge in [0.1, 0.15) is 4.64 Å². The van der Waals surface area contributed by atoms with Gasteiger partial charge in [-0.2, -0.15) is 0 Å². The fraction of sp³-hybridized carbons (Fsp3) is 0.556. The Hall–Kier alpha value is -0.980. The van der Waals surface area contributed by atoms with E-state index in [-0.39, 0.29) is 18.4 Å². The van der Waals surface area contributed by atoms with Crippen molar-refractivity contribution in [3.05, 3.63) is 27.4 Å². The quantitative estimate of drug-likeness (QED) is 0.714. The van der Waals surface area contributed by atoms with Gasteiger partial charge >= 0.3 is 5.69 Å². The minimum absolute atomic E-state index is 0.0475. The Morgan fingerprint density at radius 1 is 1.73 bits per heavy atom. The van der Waals surface area contributed by atoms with Gasteiger partial charge in [-0.05, 0) is 12.5 Å². The molecule has 0 fully saturated rings. The summed E-state index contributed by atoms with van der Waals surface area (Å²) in [5, 5.41) is 8.88. The predicted molar refractivity (Wildman–Crippen MR) is 58.4 cm³/mol. The zero-order valence-corrected chi connectivity index (χ0v) is 9.29. The van der Waals surface area contributed by atoms with Crippen LogP contribution in [0.5, 0.6) is 0 Å². The maximum Gasteiger partial charge on any atom is 0.326 e. The fourth-order valence-corrected chi connectivity index (χ4v) is 1.34. The number of ether oxygens (including phenoxy) is 1. The van der Waals surface area contributed by atoms with E-state index in [0.29, 0.717) is 17.6 Å². The summed E-state index contributed by atoms with van der Waals surface area (Å²) in [5.74, 6) is 0. The Morgan fingerprint density at radius 2 is 2.47 bits per heavy atom. The third-order valence-electron chi connectivity index (χ3n) is 2.13. The lowest BCUT2D eigenvalue weighted by Crippen LogP contribution is -2.26. The first-order valence-corrected chi connectivity index (χ1v) is 5.01. The van der Waals surface area contributed by atoms with Crippen molar-refractivity contribution in [1.29, 1.82) is 0 Å². The third-order valence-corrected chi connectivity index (χ3v) is 2.36. The van der Waals surface area contributed by atoms with E-state index in [1.807, 2.05) is 0 Å². The van der Waals surface area contributed by atoms with Crippen molar-refractivity contribution >= 4 is 12.2 Å². The van der Waals surface area contributed by atoms with Crippen LogP contribution in [0.1, 0.15) is 6.42 Å². The SMILES string of the molecule is COC(CO)CCn1ccc(=S)[nH]c1=O. The zero-order valence-electron chi connectivity index (χ0n) is 8.47. The highest BCUT2D eigenvalue weighted by atomic mass is 32.1. The Labute approximate surface area is 92.3 Å². The molecule has 0 saturated carbocycles. The minimum Gasteiger partial charge on any atom is -0.394 e. The highest BCUT2D eigenvalue weighted by molar-refractivity contribution is 7.71. The summed E-state index contributed by atoms with van der Waals surface area (Å²) >= 11 is 4.81. The number of rotatable bonds is 5. The van der Waals surface area contributed by atoms with Crippen LogP contribution in [0, 0.1) is 4.64 Å². The van der Waals surface area contributed by atoms with Gasteiger partial charge < -0.3 is 14.4 Å². The first-order chi connectivity index (χ1) is 7.17. The minimum atomic E-state index is -0.240. The molecule has 0 saturated heterocycles. The van der Waals surface area contributed by atoms with Crippen LogP contribution in [0.15, 0.2) is 17.1 Å². The van der Waals surface area contributed by atoms with Gasteiger partial charge in [0, 0.05) is 19.9 Å². The van der Waals surface area contributed by atoms with E-state index in [1.165, 1.54) is 11.7 Å². The van der Waals surface area contributed by atoms with Crippen LogP contribution >= 0.6 is 12.2 Å². The van der Waals surface area contributed by atoms with Gasteiger partial charge in [0.05, 0.1) is 12.7 Å². The smallest absolute Gasteiger partial charge is 0.326 e. The van der Waals surface area contributed by atoms with E-state index in [2.05, 4.69) is 4.98 Å². The van der Waals surface area contributed by atoms with Crippen LogP contribution < -0.4 is 5.69 Å². The van der Waals surface area contributed by atoms with Crippen LogP contribution in [0.3, 0.4) is 0 Å². The van der Waals surface area contributed by atoms with Crippen LogP contribution in [0.2, 0.25) is 0 Å². The zero-order chi connectivity index (χ0) is 11.3. The number of nitrogens with zero attached hydrogens (tertiary/aromatic N) is 1. The molecule has 1 aromatic heterocycles. The second kappa shape index (κ2) is 5.79. The number of aliphatic hydroxyl groups is 1. The molecule has 1 atom stereocenters. The summed E-state index contributed by atoms with van der Waals surface area (Å²) in [6, 6.07) is 1.65. The molecule has 6 heteroatoms. The van der Waals surface area contributed by atoms with E-state index in [1.54, 1.807) is 12.3 Å². The molecule has 0 aliphatic rings. The lowest BCUT2D eigenvalue weighted by Gasteiger charge is -2.12. The number of aryl methyl sites for hydroxylation is 1. The first kappa shape index (κ1) is 12.1. The molecule has 0 aliphatic heterocycles. The lowest BCUT2D eigenvalue weighted by atomic mass is 10.2. The number of nitrogens with one attached hydrogen (secondary N) is 1. The normalized spacial score (nSPS) is 12.7. The molecule has 1 heterocycles. The Kier molecular flexibility index (Phi) is 4.67. The van der Waals surface area contributed by atoms with Crippen molar-refractivity contribution in [2.24, 2.45) is 0 Å². The summed E-state index contributed by atoms with van der Waals surface area (Å²) in [5.41, 5.74) is -0.240. The molecule has 0 amide bonds. The van der Waals surface area contributed by atoms with E-state index in [9.17, 15) is 4.79 Å². The van der Waals surface area contributed by atoms with Crippen LogP contribution in [-0.4, -0.2) is 34.5 Å². The largest absolute Gasteiger partial charge is 0.394 e. The second-order valence-electron chi connectivity index (χ2n) is 3.13. The van der Waals surface area contributed by atoms with Gasteiger partial charge in [-0.15, -0.1) is 0 Å². The first-order valence-electron chi connectivity index (χ1n) is 4.60. The van der Waals surface area contributed by atoms with Crippen LogP contribution in [0.4, 0.5) is 0 Å². The maximum atomic E-state index is 11.4. The predicted octanol–water partition coefficient (Wildman–Crippen LogP) is 0.303. The highest BCUT2D eigenvalue weighted by Gasteiger charge is 2.05. The molecule has 0 spiro atoms. The Balaban J connectivity index is 2.65. The fourth-order valence-electron chi connectivity index (χ4n) is 1.19. The van der Waals surface area contributed by atoms with Gasteiger partial charge in [-0.3, -0.25) is 4.98 Å². The van der Waals surface area contributed by atoms with Crippen molar-refractivity contribution in [3.63, 3.8) is 0 Å². The summed E-state index contributed by atoms with van der Waals surface area (Å²) in [4.78, 5) is 13.9. The molecule has 0 aliphatic carbocycles. The molecule has 0 radical (unpaired) electrons. The summed E-state index contributed by atoms with van der Waals surface area (Å²) in [6.45, 7) is 0.443. The molecular formula is C9H14N2O3S. The molecule has 5 nitrogen and oxygen atoms in total. The maximum absolute atomic E-state index is 11.4. The van der Waals surface area contributed by atoms with Gasteiger partial charge in [-0.1, -0.05) is 12.2 Å². The van der Waals surface area contributed by atoms with Crippen molar-refractivity contribution < 1.29 is 9.84 Å². The number of aromatic nitrogens is 2. The Bertz CT molecular complexity index is 408. The Morgan fingerprint density at radius 3 is 3.00 bits per heavy atom. The monoisotopic (exact) mass is 230 g/mol. The van der Waals surface area contributed by atoms with E-state index >= 15 is 0 Å². The second-order valence-corrected chi connectivity index (χ2v) is 3.57. The molecular weight excluding hydrogens is 216 g/mol. The summed E-state index contributed by atoms with van der Waals surface area (Å²) in [7, 11) is 1.53. The summed E-state index contributed by atoms with van der Waals surface area (Å²) in [6.07, 6.45) is 1.98. The van der Waals surface area contributed by atoms with Crippen LogP contribution in [-0.2, 0) is 11.3 Å². The topological polar surface area (TPSA) is 67.2 Å². The molecule has 2 N–H and O–H groups in total. The standard InChI is InChI=1S/C9H14N2O3S/c1-14-7(6-12)2-4-11-5-3-8(15)10-9(11)13/h3,5,7,12H,2,4,6H2,1H3,(H,10,13,15). The van der Waals surface area contributed by atoms with Gasteiger partial charge in [0.15, 0.2) is 0 Å². The number of aromatic amines is 1. The van der Waals surface area contributed by atoms with Crippen molar-refractivity contribution in [3.8, 4) is 0 Å². The van der Waals surface area contributed by atoms with Crippen LogP contribution in [0.25, 0.3) is 0 Å². The van der Waals surface area contributed by atoms with Crippen molar-refractivity contribution in [2.45, 2.75) is 19.1 Å². The van der Waals surface area contributed by atoms with Gasteiger partial charge in [0.2, 0.25) is 0 Å². The molecule has 84 valence electrons. The summed E-state index contributed by atoms with van der Waals surface area (Å²) < 4.78 is 6.90. The number of hydrogen-bond acceptors (Lipinski definition) is 4. The van der Waals surface area contributed by atoms with E-state index in [4.69, 9.17) is 22.1 Å². The average molecular weight is 230 g/mol. The van der Waals surface area contributed by atoms with E-state index < -0.39 is 0 Å². The highest BCUT2D eigenvalue weighted by Crippen LogP contribution is 1.97. The third kappa shape index (κ3) is 3.58. The molecule has 1 rings (SSSR count).